The Labute approximate surface area is 209 Å². The van der Waals surface area contributed by atoms with Gasteiger partial charge in [0.2, 0.25) is 5.79 Å². The Hall–Kier alpha value is -2.91. The lowest BCUT2D eigenvalue weighted by molar-refractivity contribution is -0.337. The number of hydrogen-bond donors (Lipinski definition) is 2. The molecule has 0 amide bonds. The van der Waals surface area contributed by atoms with E-state index >= 15 is 0 Å². The van der Waals surface area contributed by atoms with Crippen LogP contribution in [0.15, 0.2) is 46.5 Å². The molecule has 7 atom stereocenters. The molecule has 2 aliphatic heterocycles. The smallest absolute Gasteiger partial charge is 0.336 e. The number of carbonyl (C=O) groups excluding carboxylic acids is 3. The van der Waals surface area contributed by atoms with Gasteiger partial charge in [-0.15, -0.1) is 0 Å². The summed E-state index contributed by atoms with van der Waals surface area (Å²) in [7, 11) is 1.28. The summed E-state index contributed by atoms with van der Waals surface area (Å²) in [6.07, 6.45) is 3.79. The highest BCUT2D eigenvalue weighted by Gasteiger charge is 2.81. The van der Waals surface area contributed by atoms with Crippen molar-refractivity contribution in [1.82, 2.24) is 0 Å². The van der Waals surface area contributed by atoms with Crippen molar-refractivity contribution in [2.24, 2.45) is 27.6 Å². The number of ketones is 1. The lowest BCUT2D eigenvalue weighted by atomic mass is 9.43. The van der Waals surface area contributed by atoms with Crippen LogP contribution in [-0.2, 0) is 28.6 Å². The molecular weight excluding hydrogens is 468 g/mol. The summed E-state index contributed by atoms with van der Waals surface area (Å²) >= 11 is 0. The number of rotatable bonds is 3. The topological polar surface area (TPSA) is 132 Å². The highest BCUT2D eigenvalue weighted by molar-refractivity contribution is 5.97. The lowest BCUT2D eigenvalue weighted by Gasteiger charge is -2.66. The number of hydrogen-bond acceptors (Lipinski definition) is 9. The van der Waals surface area contributed by atoms with Crippen LogP contribution in [0.25, 0.3) is 0 Å². The fourth-order valence-corrected chi connectivity index (χ4v) is 7.70. The van der Waals surface area contributed by atoms with E-state index in [-0.39, 0.29) is 18.0 Å². The molecule has 1 aromatic heterocycles. The second kappa shape index (κ2) is 7.32. The SMILES string of the molecule is COC(=O)C[C@H]1C(C)(C)C(=O)C=C2O[C@](C)(O)[C@@]34C(=CC[C@]3(C)[C@H](c3ccoc3)OC(=O)[C@@H]4O)[C@@]21C. The van der Waals surface area contributed by atoms with Crippen molar-refractivity contribution in [2.75, 3.05) is 7.11 Å². The van der Waals surface area contributed by atoms with Crippen molar-refractivity contribution in [3.63, 3.8) is 0 Å². The normalized spacial score (nSPS) is 42.7. The Bertz CT molecular complexity index is 1210. The number of cyclic esters (lactones) is 1. The van der Waals surface area contributed by atoms with E-state index < -0.39 is 57.5 Å². The van der Waals surface area contributed by atoms with Gasteiger partial charge < -0.3 is 28.8 Å². The first-order valence-corrected chi connectivity index (χ1v) is 12.1. The number of ether oxygens (including phenoxy) is 3. The number of esters is 2. The first-order valence-electron chi connectivity index (χ1n) is 12.1. The number of aliphatic hydroxyl groups is 2. The van der Waals surface area contributed by atoms with E-state index in [0.29, 0.717) is 17.6 Å². The number of fused-ring (bicyclic) bond motifs is 2. The molecule has 5 rings (SSSR count). The maximum atomic E-state index is 13.2. The van der Waals surface area contributed by atoms with E-state index in [0.717, 1.165) is 0 Å². The third-order valence-corrected chi connectivity index (χ3v) is 9.52. The molecule has 2 fully saturated rings. The number of methoxy groups -OCH3 is 1. The molecule has 1 aromatic rings. The van der Waals surface area contributed by atoms with Gasteiger partial charge in [-0.2, -0.15) is 0 Å². The maximum absolute atomic E-state index is 13.2. The molecule has 1 spiro atoms. The summed E-state index contributed by atoms with van der Waals surface area (Å²) in [5.74, 6) is -4.22. The molecule has 2 N–H and O–H groups in total. The molecule has 36 heavy (non-hydrogen) atoms. The van der Waals surface area contributed by atoms with E-state index in [9.17, 15) is 24.6 Å². The molecule has 194 valence electrons. The zero-order valence-electron chi connectivity index (χ0n) is 21.3. The zero-order chi connectivity index (χ0) is 26.5. The van der Waals surface area contributed by atoms with E-state index in [1.807, 2.05) is 19.9 Å². The van der Waals surface area contributed by atoms with Gasteiger partial charge >= 0.3 is 11.9 Å². The highest BCUT2D eigenvalue weighted by atomic mass is 16.6. The van der Waals surface area contributed by atoms with Crippen molar-refractivity contribution < 1.29 is 43.2 Å². The molecule has 2 saturated heterocycles. The van der Waals surface area contributed by atoms with Gasteiger partial charge in [-0.1, -0.05) is 26.8 Å². The van der Waals surface area contributed by atoms with Gasteiger partial charge in [0.15, 0.2) is 11.9 Å². The second-order valence-corrected chi connectivity index (χ2v) is 11.5. The van der Waals surface area contributed by atoms with E-state index in [1.54, 1.807) is 19.9 Å². The molecular formula is C27H32O9. The molecule has 3 heterocycles. The molecule has 9 nitrogen and oxygen atoms in total. The summed E-state index contributed by atoms with van der Waals surface area (Å²) in [6.45, 7) is 8.60. The molecule has 0 unspecified atom stereocenters. The van der Waals surface area contributed by atoms with Gasteiger partial charge in [0.1, 0.15) is 17.3 Å². The first kappa shape index (κ1) is 24.8. The van der Waals surface area contributed by atoms with Crippen LogP contribution in [0.3, 0.4) is 0 Å². The predicted molar refractivity (Wildman–Crippen MR) is 124 cm³/mol. The number of allylic oxidation sites excluding steroid dienone is 3. The van der Waals surface area contributed by atoms with E-state index in [1.165, 1.54) is 32.6 Å². The van der Waals surface area contributed by atoms with Crippen LogP contribution in [0.4, 0.5) is 0 Å². The fraction of sp³-hybridized carbons (Fsp3) is 0.593. The van der Waals surface area contributed by atoms with Crippen molar-refractivity contribution >= 4 is 17.7 Å². The van der Waals surface area contributed by atoms with Crippen LogP contribution in [0.2, 0.25) is 0 Å². The minimum absolute atomic E-state index is 0.107. The van der Waals surface area contributed by atoms with Gasteiger partial charge in [-0.05, 0) is 30.9 Å². The Kier molecular flexibility index (Phi) is 5.04. The maximum Gasteiger partial charge on any atom is 0.336 e. The standard InChI is InChI=1S/C27H32O9/c1-23(2)16(11-19(29)33-6)25(4)15-7-9-24(3)21(14-8-10-34-13-14)35-22(31)20(30)27(15,24)26(5,32)36-18(25)12-17(23)28/h7-8,10,12-13,16,20-21,30,32H,9,11H2,1-6H3/t16-,20-,21-,24+,25+,26-,27+/m0/s1. The minimum Gasteiger partial charge on any atom is -0.472 e. The Morgan fingerprint density at radius 2 is 1.89 bits per heavy atom. The van der Waals surface area contributed by atoms with Gasteiger partial charge in [0, 0.05) is 29.4 Å². The van der Waals surface area contributed by atoms with Crippen LogP contribution in [0.5, 0.6) is 0 Å². The van der Waals surface area contributed by atoms with Gasteiger partial charge in [0.25, 0.3) is 0 Å². The molecule has 0 radical (unpaired) electrons. The van der Waals surface area contributed by atoms with E-state index in [4.69, 9.17) is 18.6 Å². The van der Waals surface area contributed by atoms with Crippen LogP contribution in [0.1, 0.15) is 59.1 Å². The largest absolute Gasteiger partial charge is 0.472 e. The van der Waals surface area contributed by atoms with Crippen LogP contribution in [-0.4, -0.2) is 46.9 Å². The average molecular weight is 501 g/mol. The van der Waals surface area contributed by atoms with Crippen LogP contribution >= 0.6 is 0 Å². The molecule has 0 bridgehead atoms. The Balaban J connectivity index is 1.79. The van der Waals surface area contributed by atoms with E-state index in [2.05, 4.69) is 0 Å². The molecule has 0 saturated carbocycles. The highest BCUT2D eigenvalue weighted by Crippen LogP contribution is 2.76. The van der Waals surface area contributed by atoms with Crippen LogP contribution in [0, 0.1) is 27.6 Å². The summed E-state index contributed by atoms with van der Waals surface area (Å²) in [6, 6.07) is 1.68. The van der Waals surface area contributed by atoms with Crippen LogP contribution < -0.4 is 0 Å². The number of furan rings is 1. The molecule has 0 aromatic carbocycles. The molecule has 4 aliphatic rings. The minimum atomic E-state index is -2.10. The zero-order valence-corrected chi connectivity index (χ0v) is 21.3. The Morgan fingerprint density at radius 1 is 1.19 bits per heavy atom. The number of carbonyl (C=O) groups is 3. The third kappa shape index (κ3) is 2.65. The number of aliphatic hydroxyl groups excluding tert-OH is 1. The van der Waals surface area contributed by atoms with Crippen molar-refractivity contribution in [3.05, 3.63) is 47.6 Å². The summed E-state index contributed by atoms with van der Waals surface area (Å²) in [4.78, 5) is 39.0. The van der Waals surface area contributed by atoms with Crippen molar-refractivity contribution in [1.29, 1.82) is 0 Å². The molecule has 9 heteroatoms. The quantitative estimate of drug-likeness (QED) is 0.475. The predicted octanol–water partition coefficient (Wildman–Crippen LogP) is 2.98. The second-order valence-electron chi connectivity index (χ2n) is 11.5. The third-order valence-electron chi connectivity index (χ3n) is 9.52. The summed E-state index contributed by atoms with van der Waals surface area (Å²) in [5.41, 5.74) is -3.71. The van der Waals surface area contributed by atoms with Gasteiger partial charge in [-0.3, -0.25) is 9.59 Å². The first-order chi connectivity index (χ1) is 16.7. The monoisotopic (exact) mass is 500 g/mol. The Morgan fingerprint density at radius 3 is 2.50 bits per heavy atom. The summed E-state index contributed by atoms with van der Waals surface area (Å²) in [5, 5.41) is 23.6. The van der Waals surface area contributed by atoms with Crippen molar-refractivity contribution in [2.45, 2.75) is 65.5 Å². The molecule has 2 aliphatic carbocycles. The average Bonchev–Trinajstić information content (AvgIpc) is 3.44. The summed E-state index contributed by atoms with van der Waals surface area (Å²) < 4.78 is 22.2. The van der Waals surface area contributed by atoms with Crippen molar-refractivity contribution in [3.8, 4) is 0 Å². The lowest BCUT2D eigenvalue weighted by Crippen LogP contribution is -2.73. The van der Waals surface area contributed by atoms with Gasteiger partial charge in [0.05, 0.1) is 31.5 Å². The fourth-order valence-electron chi connectivity index (χ4n) is 7.70. The van der Waals surface area contributed by atoms with Gasteiger partial charge in [-0.25, -0.2) is 4.79 Å².